The van der Waals surface area contributed by atoms with Crippen LogP contribution in [0.15, 0.2) is 54.7 Å². The van der Waals surface area contributed by atoms with E-state index in [0.717, 1.165) is 71.7 Å². The molecule has 6 heteroatoms. The molecule has 0 N–H and O–H groups in total. The molecule has 1 aliphatic rings. The van der Waals surface area contributed by atoms with E-state index in [1.165, 1.54) is 0 Å². The van der Waals surface area contributed by atoms with Crippen molar-refractivity contribution in [3.8, 4) is 5.75 Å². The molecular formula is C24H24ClN3O2. The molecule has 5 nitrogen and oxygen atoms in total. The summed E-state index contributed by atoms with van der Waals surface area (Å²) >= 11 is 6.25. The molecule has 0 saturated carbocycles. The van der Waals surface area contributed by atoms with Crippen LogP contribution in [0.25, 0.3) is 21.9 Å². The molecule has 5 rings (SSSR count). The van der Waals surface area contributed by atoms with Crippen LogP contribution in [0.1, 0.15) is 24.2 Å². The molecule has 2 aromatic heterocycles. The van der Waals surface area contributed by atoms with Crippen LogP contribution in [0.4, 0.5) is 0 Å². The maximum absolute atomic E-state index is 6.25. The Balaban J connectivity index is 1.49. The molecule has 0 spiro atoms. The summed E-state index contributed by atoms with van der Waals surface area (Å²) in [6.45, 7) is 3.11. The van der Waals surface area contributed by atoms with Gasteiger partial charge in [-0.3, -0.25) is 4.98 Å². The quantitative estimate of drug-likeness (QED) is 0.395. The van der Waals surface area contributed by atoms with E-state index in [-0.39, 0.29) is 0 Å². The largest absolute Gasteiger partial charge is 0.489 e. The number of alkyl halides is 1. The summed E-state index contributed by atoms with van der Waals surface area (Å²) in [5.41, 5.74) is 4.05. The second kappa shape index (κ2) is 8.62. The summed E-state index contributed by atoms with van der Waals surface area (Å²) in [6, 6.07) is 16.3. The van der Waals surface area contributed by atoms with Gasteiger partial charge in [0.25, 0.3) is 0 Å². The topological polar surface area (TPSA) is 49.2 Å². The number of halogens is 1. The molecule has 4 aromatic rings. The summed E-state index contributed by atoms with van der Waals surface area (Å²) in [5.74, 6) is 2.68. The molecule has 1 fully saturated rings. The molecular weight excluding hydrogens is 398 g/mol. The molecule has 0 atom stereocenters. The first kappa shape index (κ1) is 19.3. The predicted molar refractivity (Wildman–Crippen MR) is 119 cm³/mol. The molecule has 30 heavy (non-hydrogen) atoms. The lowest BCUT2D eigenvalue weighted by atomic mass is 10.00. The Kier molecular flexibility index (Phi) is 5.56. The highest BCUT2D eigenvalue weighted by atomic mass is 35.5. The SMILES string of the molecule is ClCc1nc2cnc3cc(OCc4ccccc4)ccc3c2n1CC1CCOCC1. The van der Waals surface area contributed by atoms with Crippen molar-refractivity contribution in [2.45, 2.75) is 31.9 Å². The zero-order chi connectivity index (χ0) is 20.3. The maximum Gasteiger partial charge on any atom is 0.124 e. The van der Waals surface area contributed by atoms with Crippen LogP contribution >= 0.6 is 11.6 Å². The number of imidazole rings is 1. The summed E-state index contributed by atoms with van der Waals surface area (Å²) < 4.78 is 13.8. The van der Waals surface area contributed by atoms with E-state index in [9.17, 15) is 0 Å². The van der Waals surface area contributed by atoms with Gasteiger partial charge in [0.05, 0.1) is 23.1 Å². The fourth-order valence-corrected chi connectivity index (χ4v) is 4.36. The van der Waals surface area contributed by atoms with E-state index < -0.39 is 0 Å². The normalized spacial score (nSPS) is 15.1. The van der Waals surface area contributed by atoms with Crippen LogP contribution in [0.5, 0.6) is 5.75 Å². The number of aromatic nitrogens is 3. The van der Waals surface area contributed by atoms with Gasteiger partial charge in [-0.2, -0.15) is 0 Å². The number of hydrogen-bond donors (Lipinski definition) is 0. The second-order valence-corrected chi connectivity index (χ2v) is 8.04. The van der Waals surface area contributed by atoms with Gasteiger partial charge in [-0.25, -0.2) is 4.98 Å². The molecule has 0 amide bonds. The summed E-state index contributed by atoms with van der Waals surface area (Å²) in [7, 11) is 0. The minimum absolute atomic E-state index is 0.387. The minimum Gasteiger partial charge on any atom is -0.489 e. The van der Waals surface area contributed by atoms with Gasteiger partial charge in [-0.15, -0.1) is 11.6 Å². The first-order valence-electron chi connectivity index (χ1n) is 10.4. The average Bonchev–Trinajstić information content (AvgIpc) is 3.16. The fraction of sp³-hybridized carbons (Fsp3) is 0.333. The lowest BCUT2D eigenvalue weighted by Gasteiger charge is -2.23. The van der Waals surface area contributed by atoms with Crippen molar-refractivity contribution in [1.29, 1.82) is 0 Å². The van der Waals surface area contributed by atoms with E-state index in [0.29, 0.717) is 18.4 Å². The molecule has 1 aliphatic heterocycles. The van der Waals surface area contributed by atoms with Crippen molar-refractivity contribution in [3.63, 3.8) is 0 Å². The van der Waals surface area contributed by atoms with Crippen LogP contribution in [0.2, 0.25) is 0 Å². The second-order valence-electron chi connectivity index (χ2n) is 7.77. The lowest BCUT2D eigenvalue weighted by Crippen LogP contribution is -2.21. The van der Waals surface area contributed by atoms with Crippen molar-refractivity contribution in [3.05, 3.63) is 66.1 Å². The van der Waals surface area contributed by atoms with E-state index in [4.69, 9.17) is 26.1 Å². The zero-order valence-corrected chi connectivity index (χ0v) is 17.5. The van der Waals surface area contributed by atoms with E-state index in [2.05, 4.69) is 27.8 Å². The minimum atomic E-state index is 0.387. The number of fused-ring (bicyclic) bond motifs is 3. The molecule has 0 aliphatic carbocycles. The van der Waals surface area contributed by atoms with Crippen molar-refractivity contribution in [2.75, 3.05) is 13.2 Å². The smallest absolute Gasteiger partial charge is 0.124 e. The Morgan fingerprint density at radius 1 is 1.07 bits per heavy atom. The molecule has 1 saturated heterocycles. The van der Waals surface area contributed by atoms with Gasteiger partial charge >= 0.3 is 0 Å². The van der Waals surface area contributed by atoms with Crippen LogP contribution < -0.4 is 4.74 Å². The number of ether oxygens (including phenoxy) is 2. The van der Waals surface area contributed by atoms with Gasteiger partial charge in [-0.1, -0.05) is 30.3 Å². The van der Waals surface area contributed by atoms with Gasteiger partial charge in [0.1, 0.15) is 23.7 Å². The van der Waals surface area contributed by atoms with E-state index in [1.54, 1.807) is 0 Å². The fourth-order valence-electron chi connectivity index (χ4n) is 4.16. The summed E-state index contributed by atoms with van der Waals surface area (Å²) in [4.78, 5) is 9.39. The van der Waals surface area contributed by atoms with Gasteiger partial charge in [0, 0.05) is 31.2 Å². The van der Waals surface area contributed by atoms with E-state index >= 15 is 0 Å². The number of nitrogens with zero attached hydrogens (tertiary/aromatic N) is 3. The molecule has 3 heterocycles. The molecule has 0 bridgehead atoms. The van der Waals surface area contributed by atoms with Crippen LogP contribution in [-0.4, -0.2) is 27.7 Å². The molecule has 2 aromatic carbocycles. The number of rotatable bonds is 6. The van der Waals surface area contributed by atoms with Crippen LogP contribution in [0, 0.1) is 5.92 Å². The highest BCUT2D eigenvalue weighted by molar-refractivity contribution is 6.17. The molecule has 0 unspecified atom stereocenters. The highest BCUT2D eigenvalue weighted by Gasteiger charge is 2.20. The average molecular weight is 422 g/mol. The Hall–Kier alpha value is -2.63. The lowest BCUT2D eigenvalue weighted by molar-refractivity contribution is 0.0614. The van der Waals surface area contributed by atoms with Crippen molar-refractivity contribution >= 4 is 33.5 Å². The van der Waals surface area contributed by atoms with Crippen LogP contribution in [-0.2, 0) is 23.8 Å². The van der Waals surface area contributed by atoms with Crippen molar-refractivity contribution < 1.29 is 9.47 Å². The Bertz CT molecular complexity index is 1150. The predicted octanol–water partition coefficient (Wildman–Crippen LogP) is 5.33. The Morgan fingerprint density at radius 3 is 2.70 bits per heavy atom. The van der Waals surface area contributed by atoms with Gasteiger partial charge in [0.2, 0.25) is 0 Å². The van der Waals surface area contributed by atoms with Crippen molar-refractivity contribution in [2.24, 2.45) is 5.92 Å². The third-order valence-electron chi connectivity index (χ3n) is 5.77. The van der Waals surface area contributed by atoms with Gasteiger partial charge < -0.3 is 14.0 Å². The third-order valence-corrected chi connectivity index (χ3v) is 6.01. The van der Waals surface area contributed by atoms with Gasteiger partial charge in [-0.05, 0) is 36.5 Å². The third kappa shape index (κ3) is 3.87. The maximum atomic E-state index is 6.25. The Labute approximate surface area is 180 Å². The number of pyridine rings is 1. The Morgan fingerprint density at radius 2 is 1.90 bits per heavy atom. The first-order valence-corrected chi connectivity index (χ1v) is 10.9. The van der Waals surface area contributed by atoms with Crippen LogP contribution in [0.3, 0.4) is 0 Å². The van der Waals surface area contributed by atoms with E-state index in [1.807, 2.05) is 36.5 Å². The zero-order valence-electron chi connectivity index (χ0n) is 16.8. The van der Waals surface area contributed by atoms with Gasteiger partial charge in [0.15, 0.2) is 0 Å². The number of hydrogen-bond acceptors (Lipinski definition) is 4. The summed E-state index contributed by atoms with van der Waals surface area (Å²) in [5, 5.41) is 1.08. The molecule has 0 radical (unpaired) electrons. The monoisotopic (exact) mass is 421 g/mol. The first-order chi connectivity index (χ1) is 14.8. The summed E-state index contributed by atoms with van der Waals surface area (Å²) in [6.07, 6.45) is 3.99. The number of benzene rings is 2. The molecule has 154 valence electrons. The standard InChI is InChI=1S/C24H24ClN3O2/c25-13-23-27-22-14-26-21-12-19(30-16-18-4-2-1-3-5-18)6-7-20(21)24(22)28(23)15-17-8-10-29-11-9-17/h1-7,12,14,17H,8-11,13,15-16H2. The highest BCUT2D eigenvalue weighted by Crippen LogP contribution is 2.30. The van der Waals surface area contributed by atoms with Crippen molar-refractivity contribution in [1.82, 2.24) is 14.5 Å².